The van der Waals surface area contributed by atoms with E-state index in [1.54, 1.807) is 12.1 Å². The number of unbranched alkanes of at least 4 members (excludes halogenated alkanes) is 1. The molecule has 0 aliphatic heterocycles. The lowest BCUT2D eigenvalue weighted by atomic mass is 9.68. The molecule has 0 heterocycles. The Labute approximate surface area is 171 Å². The molecule has 3 rings (SSSR count). The Morgan fingerprint density at radius 1 is 0.862 bits per heavy atom. The van der Waals surface area contributed by atoms with Crippen LogP contribution < -0.4 is 4.74 Å². The summed E-state index contributed by atoms with van der Waals surface area (Å²) < 4.78 is 53.0. The van der Waals surface area contributed by atoms with Crippen LogP contribution in [-0.2, 0) is 0 Å². The zero-order valence-corrected chi connectivity index (χ0v) is 17.0. The Balaban J connectivity index is 1.41. The van der Waals surface area contributed by atoms with Gasteiger partial charge in [-0.3, -0.25) is 4.39 Å². The monoisotopic (exact) mass is 412 g/mol. The Morgan fingerprint density at radius 2 is 1.45 bits per heavy atom. The minimum Gasteiger partial charge on any atom is -0.406 e. The molecule has 0 radical (unpaired) electrons. The van der Waals surface area contributed by atoms with E-state index in [1.165, 1.54) is 50.7 Å². The molecular formula is C24H32F4O. The number of rotatable bonds is 7. The fourth-order valence-electron chi connectivity index (χ4n) is 5.16. The Hall–Kier alpha value is -1.52. The third-order valence-corrected chi connectivity index (χ3v) is 6.75. The second-order valence-electron chi connectivity index (χ2n) is 8.66. The van der Waals surface area contributed by atoms with E-state index in [0.717, 1.165) is 36.7 Å². The highest BCUT2D eigenvalue weighted by Crippen LogP contribution is 2.44. The van der Waals surface area contributed by atoms with Crippen LogP contribution in [0, 0.1) is 17.8 Å². The van der Waals surface area contributed by atoms with Gasteiger partial charge >= 0.3 is 6.36 Å². The lowest BCUT2D eigenvalue weighted by Gasteiger charge is -2.37. The number of allylic oxidation sites excluding steroid dienone is 2. The maximum Gasteiger partial charge on any atom is 0.573 e. The van der Waals surface area contributed by atoms with Crippen LogP contribution in [0.3, 0.4) is 0 Å². The summed E-state index contributed by atoms with van der Waals surface area (Å²) in [5.41, 5.74) is 1.13. The zero-order valence-electron chi connectivity index (χ0n) is 17.0. The summed E-state index contributed by atoms with van der Waals surface area (Å²) in [6.07, 6.45) is 11.0. The van der Waals surface area contributed by atoms with Crippen LogP contribution in [0.2, 0.25) is 0 Å². The largest absolute Gasteiger partial charge is 0.573 e. The van der Waals surface area contributed by atoms with E-state index in [2.05, 4.69) is 16.9 Å². The van der Waals surface area contributed by atoms with Crippen molar-refractivity contribution >= 4 is 0 Å². The van der Waals surface area contributed by atoms with Crippen molar-refractivity contribution in [3.05, 3.63) is 42.0 Å². The van der Waals surface area contributed by atoms with E-state index in [0.29, 0.717) is 18.3 Å². The minimum atomic E-state index is -4.64. The van der Waals surface area contributed by atoms with Crippen molar-refractivity contribution in [1.82, 2.24) is 0 Å². The van der Waals surface area contributed by atoms with Crippen molar-refractivity contribution in [1.29, 1.82) is 0 Å². The second kappa shape index (κ2) is 10.5. The van der Waals surface area contributed by atoms with Crippen LogP contribution in [0.1, 0.15) is 75.7 Å². The highest BCUT2D eigenvalue weighted by Gasteiger charge is 2.32. The summed E-state index contributed by atoms with van der Waals surface area (Å²) in [6, 6.07) is 6.42. The second-order valence-corrected chi connectivity index (χ2v) is 8.66. The lowest BCUT2D eigenvalue weighted by molar-refractivity contribution is -0.274. The third-order valence-electron chi connectivity index (χ3n) is 6.75. The van der Waals surface area contributed by atoms with Crippen LogP contribution in [0.4, 0.5) is 17.6 Å². The first kappa shape index (κ1) is 22.2. The minimum absolute atomic E-state index is 0.148. The van der Waals surface area contributed by atoms with Gasteiger partial charge in [-0.25, -0.2) is 0 Å². The molecule has 0 N–H and O–H groups in total. The number of hydrogen-bond donors (Lipinski definition) is 0. The number of ether oxygens (including phenoxy) is 1. The van der Waals surface area contributed by atoms with Crippen molar-refractivity contribution in [2.45, 2.75) is 76.5 Å². The van der Waals surface area contributed by atoms with Gasteiger partial charge in [-0.2, -0.15) is 0 Å². The predicted molar refractivity (Wildman–Crippen MR) is 108 cm³/mol. The number of alkyl halides is 4. The van der Waals surface area contributed by atoms with Gasteiger partial charge in [0, 0.05) is 0 Å². The van der Waals surface area contributed by atoms with Crippen LogP contribution in [-0.4, -0.2) is 13.0 Å². The Kier molecular flexibility index (Phi) is 8.02. The molecule has 1 nitrogen and oxygen atoms in total. The lowest BCUT2D eigenvalue weighted by Crippen LogP contribution is -2.25. The molecular weight excluding hydrogens is 380 g/mol. The molecule has 2 aliphatic rings. The summed E-state index contributed by atoms with van der Waals surface area (Å²) in [5.74, 6) is 2.57. The van der Waals surface area contributed by atoms with Crippen molar-refractivity contribution in [3.8, 4) is 5.75 Å². The SMILES string of the molecule is FCCCC=CC1CCC(C2CCC(c3ccc(OC(F)(F)F)cc3)CC2)CC1. The van der Waals surface area contributed by atoms with Gasteiger partial charge < -0.3 is 4.74 Å². The summed E-state index contributed by atoms with van der Waals surface area (Å²) in [4.78, 5) is 0. The topological polar surface area (TPSA) is 9.23 Å². The van der Waals surface area contributed by atoms with Gasteiger partial charge in [-0.1, -0.05) is 24.3 Å². The van der Waals surface area contributed by atoms with Gasteiger partial charge in [0.05, 0.1) is 6.67 Å². The molecule has 0 saturated heterocycles. The van der Waals surface area contributed by atoms with Gasteiger partial charge in [-0.05, 0) is 106 Å². The molecule has 29 heavy (non-hydrogen) atoms. The van der Waals surface area contributed by atoms with Crippen LogP contribution >= 0.6 is 0 Å². The van der Waals surface area contributed by atoms with Crippen molar-refractivity contribution < 1.29 is 22.3 Å². The normalized spacial score (nSPS) is 28.6. The highest BCUT2D eigenvalue weighted by atomic mass is 19.4. The number of hydrogen-bond acceptors (Lipinski definition) is 1. The first-order valence-corrected chi connectivity index (χ1v) is 11.0. The molecule has 0 unspecified atom stereocenters. The van der Waals surface area contributed by atoms with E-state index >= 15 is 0 Å². The molecule has 0 spiro atoms. The smallest absolute Gasteiger partial charge is 0.406 e. The highest BCUT2D eigenvalue weighted by molar-refractivity contribution is 5.29. The van der Waals surface area contributed by atoms with Gasteiger partial charge in [0.15, 0.2) is 0 Å². The van der Waals surface area contributed by atoms with Crippen molar-refractivity contribution in [2.75, 3.05) is 6.67 Å². The van der Waals surface area contributed by atoms with Gasteiger partial charge in [-0.15, -0.1) is 13.2 Å². The number of benzene rings is 1. The van der Waals surface area contributed by atoms with Gasteiger partial charge in [0.1, 0.15) is 5.75 Å². The molecule has 2 saturated carbocycles. The maximum absolute atomic E-state index is 12.3. The average molecular weight is 413 g/mol. The predicted octanol–water partition coefficient (Wildman–Crippen LogP) is 7.97. The fraction of sp³-hybridized carbons (Fsp3) is 0.667. The first-order valence-electron chi connectivity index (χ1n) is 11.0. The molecule has 0 amide bonds. The van der Waals surface area contributed by atoms with Gasteiger partial charge in [0.25, 0.3) is 0 Å². The van der Waals surface area contributed by atoms with Crippen LogP contribution in [0.15, 0.2) is 36.4 Å². The molecule has 0 aromatic heterocycles. The average Bonchev–Trinajstić information content (AvgIpc) is 2.71. The van der Waals surface area contributed by atoms with Crippen molar-refractivity contribution in [2.24, 2.45) is 17.8 Å². The van der Waals surface area contributed by atoms with E-state index in [-0.39, 0.29) is 12.4 Å². The molecule has 0 bridgehead atoms. The maximum atomic E-state index is 12.3. The molecule has 0 atom stereocenters. The van der Waals surface area contributed by atoms with Crippen LogP contribution in [0.25, 0.3) is 0 Å². The zero-order chi connectivity index (χ0) is 20.7. The third kappa shape index (κ3) is 7.04. The summed E-state index contributed by atoms with van der Waals surface area (Å²) >= 11 is 0. The van der Waals surface area contributed by atoms with Crippen molar-refractivity contribution in [3.63, 3.8) is 0 Å². The van der Waals surface area contributed by atoms with E-state index in [9.17, 15) is 17.6 Å². The molecule has 2 fully saturated rings. The molecule has 2 aliphatic carbocycles. The van der Waals surface area contributed by atoms with E-state index in [4.69, 9.17) is 0 Å². The van der Waals surface area contributed by atoms with Crippen LogP contribution in [0.5, 0.6) is 5.75 Å². The fourth-order valence-corrected chi connectivity index (χ4v) is 5.16. The quantitative estimate of drug-likeness (QED) is 0.251. The first-order chi connectivity index (χ1) is 13.9. The van der Waals surface area contributed by atoms with E-state index < -0.39 is 6.36 Å². The number of halogens is 4. The molecule has 5 heteroatoms. The summed E-state index contributed by atoms with van der Waals surface area (Å²) in [5, 5.41) is 0. The summed E-state index contributed by atoms with van der Waals surface area (Å²) in [6.45, 7) is -0.231. The standard InChI is InChI=1S/C24H32F4O/c25-17-3-1-2-4-18-5-7-19(8-6-18)20-9-11-21(12-10-20)22-13-15-23(16-14-22)29-24(26,27)28/h2,4,13-16,18-21H,1,3,5-12,17H2. The van der Waals surface area contributed by atoms with E-state index in [1.807, 2.05) is 0 Å². The molecule has 1 aromatic rings. The van der Waals surface area contributed by atoms with Gasteiger partial charge in [0.2, 0.25) is 0 Å². The Morgan fingerprint density at radius 3 is 2.00 bits per heavy atom. The summed E-state index contributed by atoms with van der Waals surface area (Å²) in [7, 11) is 0. The molecule has 162 valence electrons. The molecule has 1 aromatic carbocycles. The Bertz CT molecular complexity index is 621.